The molecule has 0 aliphatic heterocycles. The van der Waals surface area contributed by atoms with Crippen molar-refractivity contribution in [3.63, 3.8) is 0 Å². The van der Waals surface area contributed by atoms with Crippen molar-refractivity contribution >= 4 is 28.1 Å². The quantitative estimate of drug-likeness (QED) is 0.880. The van der Waals surface area contributed by atoms with Gasteiger partial charge in [0.15, 0.2) is 16.7 Å². The van der Waals surface area contributed by atoms with Gasteiger partial charge in [0.25, 0.3) is 0 Å². The number of nitrogens with zero attached hydrogens (tertiary/aromatic N) is 2. The van der Waals surface area contributed by atoms with E-state index in [1.807, 2.05) is 37.3 Å². The number of aromatic nitrogens is 1. The molecule has 1 heterocycles. The van der Waals surface area contributed by atoms with Crippen molar-refractivity contribution in [1.82, 2.24) is 4.37 Å². The highest BCUT2D eigenvalue weighted by Crippen LogP contribution is 2.29. The zero-order valence-corrected chi connectivity index (χ0v) is 13.2. The summed E-state index contributed by atoms with van der Waals surface area (Å²) in [6.45, 7) is 2.44. The van der Waals surface area contributed by atoms with E-state index in [0.717, 1.165) is 11.5 Å². The number of halogens is 1. The summed E-state index contributed by atoms with van der Waals surface area (Å²) in [6, 6.07) is 9.48. The van der Waals surface area contributed by atoms with Crippen LogP contribution in [0, 0.1) is 11.3 Å². The molecule has 1 N–H and O–H groups in total. The molecule has 1 unspecified atom stereocenters. The molecule has 7 heteroatoms. The Bertz CT molecular complexity index is 654. The third kappa shape index (κ3) is 3.78. The lowest BCUT2D eigenvalue weighted by Gasteiger charge is -2.17. The van der Waals surface area contributed by atoms with E-state index < -0.39 is 0 Å². The SMILES string of the molecule is COc1ccccc1OC(C)CNc1snc(Cl)c1C#N. The molecule has 0 radical (unpaired) electrons. The molecule has 0 saturated heterocycles. The first kappa shape index (κ1) is 15.4. The molecule has 0 aliphatic rings. The zero-order valence-electron chi connectivity index (χ0n) is 11.6. The van der Waals surface area contributed by atoms with Crippen LogP contribution in [0.1, 0.15) is 12.5 Å². The number of hydrogen-bond donors (Lipinski definition) is 1. The summed E-state index contributed by atoms with van der Waals surface area (Å²) in [7, 11) is 1.60. The van der Waals surface area contributed by atoms with Gasteiger partial charge in [0.2, 0.25) is 0 Å². The van der Waals surface area contributed by atoms with Gasteiger partial charge in [-0.15, -0.1) is 0 Å². The normalized spacial score (nSPS) is 11.5. The number of nitriles is 1. The van der Waals surface area contributed by atoms with Crippen LogP contribution in [0.3, 0.4) is 0 Å². The third-order valence-electron chi connectivity index (χ3n) is 2.71. The summed E-state index contributed by atoms with van der Waals surface area (Å²) in [4.78, 5) is 0. The summed E-state index contributed by atoms with van der Waals surface area (Å²) in [5.41, 5.74) is 0.367. The average molecular weight is 324 g/mol. The molecular weight excluding hydrogens is 310 g/mol. The van der Waals surface area contributed by atoms with E-state index in [9.17, 15) is 0 Å². The van der Waals surface area contributed by atoms with Crippen LogP contribution >= 0.6 is 23.1 Å². The van der Waals surface area contributed by atoms with Gasteiger partial charge in [0.1, 0.15) is 22.7 Å². The second-order valence-electron chi connectivity index (χ2n) is 4.25. The molecule has 1 aromatic carbocycles. The molecule has 0 aliphatic carbocycles. The smallest absolute Gasteiger partial charge is 0.162 e. The van der Waals surface area contributed by atoms with E-state index in [0.29, 0.717) is 28.6 Å². The van der Waals surface area contributed by atoms with E-state index in [4.69, 9.17) is 26.3 Å². The van der Waals surface area contributed by atoms with Crippen molar-refractivity contribution in [2.45, 2.75) is 13.0 Å². The lowest BCUT2D eigenvalue weighted by atomic mass is 10.3. The fourth-order valence-corrected chi connectivity index (χ4v) is 2.64. The maximum absolute atomic E-state index is 9.00. The van der Waals surface area contributed by atoms with Crippen LogP contribution < -0.4 is 14.8 Å². The van der Waals surface area contributed by atoms with Crippen molar-refractivity contribution < 1.29 is 9.47 Å². The molecule has 2 rings (SSSR count). The second kappa shape index (κ2) is 7.16. The minimum atomic E-state index is -0.117. The maximum atomic E-state index is 9.00. The molecule has 21 heavy (non-hydrogen) atoms. The Morgan fingerprint density at radius 2 is 2.14 bits per heavy atom. The number of anilines is 1. The fourth-order valence-electron chi connectivity index (χ4n) is 1.70. The number of ether oxygens (including phenoxy) is 2. The number of para-hydroxylation sites is 2. The lowest BCUT2D eigenvalue weighted by molar-refractivity contribution is 0.223. The number of hydrogen-bond acceptors (Lipinski definition) is 6. The Labute approximate surface area is 132 Å². The standard InChI is InChI=1S/C14H14ClN3O2S/c1-9(20-12-6-4-3-5-11(12)19-2)8-17-14-10(7-16)13(15)18-21-14/h3-6,9,17H,8H2,1-2H3. The van der Waals surface area contributed by atoms with E-state index in [1.165, 1.54) is 0 Å². The largest absolute Gasteiger partial charge is 0.493 e. The minimum Gasteiger partial charge on any atom is -0.493 e. The van der Waals surface area contributed by atoms with Crippen LogP contribution in [0.4, 0.5) is 5.00 Å². The fraction of sp³-hybridized carbons (Fsp3) is 0.286. The Balaban J connectivity index is 1.96. The topological polar surface area (TPSA) is 67.2 Å². The Morgan fingerprint density at radius 3 is 2.81 bits per heavy atom. The van der Waals surface area contributed by atoms with E-state index in [2.05, 4.69) is 9.69 Å². The average Bonchev–Trinajstić information content (AvgIpc) is 2.85. The molecule has 1 aromatic heterocycles. The van der Waals surface area contributed by atoms with Crippen molar-refractivity contribution in [2.75, 3.05) is 19.0 Å². The van der Waals surface area contributed by atoms with Crippen molar-refractivity contribution in [3.05, 3.63) is 35.0 Å². The van der Waals surface area contributed by atoms with Gasteiger partial charge in [0.05, 0.1) is 13.7 Å². The van der Waals surface area contributed by atoms with Crippen molar-refractivity contribution in [2.24, 2.45) is 0 Å². The predicted molar refractivity (Wildman–Crippen MR) is 83.4 cm³/mol. The van der Waals surface area contributed by atoms with Crippen LogP contribution in [-0.2, 0) is 0 Å². The molecule has 0 saturated carbocycles. The van der Waals surface area contributed by atoms with Gasteiger partial charge >= 0.3 is 0 Å². The summed E-state index contributed by atoms with van der Waals surface area (Å²) in [5.74, 6) is 1.36. The van der Waals surface area contributed by atoms with Crippen LogP contribution in [0.5, 0.6) is 11.5 Å². The van der Waals surface area contributed by atoms with Gasteiger partial charge in [-0.1, -0.05) is 23.7 Å². The molecule has 0 fully saturated rings. The highest BCUT2D eigenvalue weighted by atomic mass is 35.5. The number of nitrogens with one attached hydrogen (secondary N) is 1. The van der Waals surface area contributed by atoms with Crippen LogP contribution in [-0.4, -0.2) is 24.1 Å². The van der Waals surface area contributed by atoms with Crippen LogP contribution in [0.2, 0.25) is 5.15 Å². The Hall–Kier alpha value is -1.97. The van der Waals surface area contributed by atoms with Crippen molar-refractivity contribution in [3.8, 4) is 17.6 Å². The highest BCUT2D eigenvalue weighted by Gasteiger charge is 2.13. The highest BCUT2D eigenvalue weighted by molar-refractivity contribution is 7.10. The molecular formula is C14H14ClN3O2S. The van der Waals surface area contributed by atoms with Crippen LogP contribution in [0.15, 0.2) is 24.3 Å². The van der Waals surface area contributed by atoms with Crippen molar-refractivity contribution in [1.29, 1.82) is 5.26 Å². The first-order chi connectivity index (χ1) is 10.2. The van der Waals surface area contributed by atoms with Gasteiger partial charge in [-0.05, 0) is 30.6 Å². The second-order valence-corrected chi connectivity index (χ2v) is 5.38. The van der Waals surface area contributed by atoms with Gasteiger partial charge in [-0.3, -0.25) is 0 Å². The lowest BCUT2D eigenvalue weighted by Crippen LogP contribution is -2.22. The van der Waals surface area contributed by atoms with Gasteiger partial charge in [0, 0.05) is 0 Å². The number of methoxy groups -OCH3 is 1. The first-order valence-electron chi connectivity index (χ1n) is 6.24. The third-order valence-corrected chi connectivity index (χ3v) is 3.89. The van der Waals surface area contributed by atoms with Gasteiger partial charge in [-0.2, -0.15) is 9.64 Å². The van der Waals surface area contributed by atoms with E-state index in [1.54, 1.807) is 7.11 Å². The first-order valence-corrected chi connectivity index (χ1v) is 7.39. The monoisotopic (exact) mass is 323 g/mol. The summed E-state index contributed by atoms with van der Waals surface area (Å²) >= 11 is 6.98. The number of benzene rings is 1. The maximum Gasteiger partial charge on any atom is 0.162 e. The van der Waals surface area contributed by atoms with Crippen LogP contribution in [0.25, 0.3) is 0 Å². The molecule has 0 spiro atoms. The van der Waals surface area contributed by atoms with E-state index >= 15 is 0 Å². The Morgan fingerprint density at radius 1 is 1.43 bits per heavy atom. The molecule has 110 valence electrons. The Kier molecular flexibility index (Phi) is 5.26. The molecule has 5 nitrogen and oxygen atoms in total. The van der Waals surface area contributed by atoms with Gasteiger partial charge in [-0.25, -0.2) is 0 Å². The summed E-state index contributed by atoms with van der Waals surface area (Å²) in [5, 5.41) is 13.0. The van der Waals surface area contributed by atoms with E-state index in [-0.39, 0.29) is 11.3 Å². The molecule has 2 aromatic rings. The molecule has 1 atom stereocenters. The predicted octanol–water partition coefficient (Wildman–Crippen LogP) is 3.56. The zero-order chi connectivity index (χ0) is 15.2. The minimum absolute atomic E-state index is 0.117. The summed E-state index contributed by atoms with van der Waals surface area (Å²) < 4.78 is 15.0. The van der Waals surface area contributed by atoms with Gasteiger partial charge < -0.3 is 14.8 Å². The molecule has 0 bridgehead atoms. The molecule has 0 amide bonds. The number of rotatable bonds is 6. The summed E-state index contributed by atoms with van der Waals surface area (Å²) in [6.07, 6.45) is -0.117.